The first-order valence-electron chi connectivity index (χ1n) is 20.3. The number of benzene rings is 8. The molecule has 0 amide bonds. The van der Waals surface area contributed by atoms with Crippen LogP contribution in [0.3, 0.4) is 0 Å². The number of nitrogens with one attached hydrogen (secondary N) is 1. The van der Waals surface area contributed by atoms with E-state index in [1.165, 1.54) is 81.0 Å². The van der Waals surface area contributed by atoms with Gasteiger partial charge < -0.3 is 9.88 Å². The van der Waals surface area contributed by atoms with Crippen molar-refractivity contribution in [1.82, 2.24) is 9.88 Å². The van der Waals surface area contributed by atoms with Gasteiger partial charge in [0, 0.05) is 58.7 Å². The van der Waals surface area contributed by atoms with Crippen molar-refractivity contribution < 1.29 is 0 Å². The quantitative estimate of drug-likeness (QED) is 0.186. The van der Waals surface area contributed by atoms with Gasteiger partial charge in [0.25, 0.3) is 0 Å². The monoisotopic (exact) mass is 774 g/mol. The van der Waals surface area contributed by atoms with Crippen molar-refractivity contribution in [3.05, 3.63) is 210 Å². The van der Waals surface area contributed by atoms with E-state index < -0.39 is 6.17 Å². The van der Waals surface area contributed by atoms with Crippen molar-refractivity contribution in [3.63, 3.8) is 0 Å². The van der Waals surface area contributed by atoms with E-state index in [2.05, 4.69) is 194 Å². The Labute approximate surface area is 346 Å². The minimum atomic E-state index is -0.413. The van der Waals surface area contributed by atoms with Gasteiger partial charge in [-0.15, -0.1) is 11.3 Å². The number of aromatic nitrogens is 1. The van der Waals surface area contributed by atoms with Crippen molar-refractivity contribution in [3.8, 4) is 27.9 Å². The highest BCUT2D eigenvalue weighted by Gasteiger charge is 2.38. The average molecular weight is 775 g/mol. The predicted octanol–water partition coefficient (Wildman–Crippen LogP) is 13.6. The molecule has 5 heteroatoms. The Bertz CT molecular complexity index is 3320. The molecule has 0 bridgehead atoms. The zero-order valence-electron chi connectivity index (χ0n) is 32.6. The third-order valence-electron chi connectivity index (χ3n) is 12.4. The summed E-state index contributed by atoms with van der Waals surface area (Å²) in [5.74, 6) is 1.64. The highest BCUT2D eigenvalue weighted by Crippen LogP contribution is 2.53. The summed E-state index contributed by atoms with van der Waals surface area (Å²) < 4.78 is 4.99. The first kappa shape index (κ1) is 34.0. The molecule has 0 atom stereocenters. The van der Waals surface area contributed by atoms with E-state index in [0.29, 0.717) is 0 Å². The fourth-order valence-corrected chi connectivity index (χ4v) is 10.8. The van der Waals surface area contributed by atoms with E-state index in [1.54, 1.807) is 0 Å². The van der Waals surface area contributed by atoms with Crippen LogP contribution in [0.2, 0.25) is 0 Å². The van der Waals surface area contributed by atoms with Crippen LogP contribution < -0.4 is 5.32 Å². The van der Waals surface area contributed by atoms with Crippen LogP contribution in [0, 0.1) is 0 Å². The normalized spacial score (nSPS) is 14.7. The molecule has 0 fully saturated rings. The fourth-order valence-electron chi connectivity index (χ4n) is 9.71. The second-order valence-corrected chi connectivity index (χ2v) is 17.3. The Morgan fingerprint density at radius 1 is 0.525 bits per heavy atom. The zero-order chi connectivity index (χ0) is 39.2. The van der Waals surface area contributed by atoms with E-state index in [1.807, 2.05) is 23.5 Å². The maximum atomic E-state index is 5.27. The number of thiophene rings is 1. The molecule has 1 N–H and O–H groups in total. The molecule has 3 heterocycles. The van der Waals surface area contributed by atoms with E-state index in [0.717, 1.165) is 28.4 Å². The molecule has 1 aliphatic heterocycles. The van der Waals surface area contributed by atoms with E-state index in [-0.39, 0.29) is 5.41 Å². The summed E-state index contributed by atoms with van der Waals surface area (Å²) in [6.45, 7) is 4.77. The van der Waals surface area contributed by atoms with Crippen LogP contribution in [0.25, 0.3) is 69.9 Å². The molecule has 0 saturated heterocycles. The number of para-hydroxylation sites is 1. The van der Waals surface area contributed by atoms with Gasteiger partial charge in [0.05, 0.1) is 11.0 Å². The lowest BCUT2D eigenvalue weighted by Gasteiger charge is -2.23. The number of rotatable bonds is 5. The number of hydrogen-bond acceptors (Lipinski definition) is 4. The van der Waals surface area contributed by atoms with Gasteiger partial charge in [0.2, 0.25) is 0 Å². The smallest absolute Gasteiger partial charge is 0.170 e. The number of fused-ring (bicyclic) bond motifs is 10. The van der Waals surface area contributed by atoms with Gasteiger partial charge in [-0.2, -0.15) is 0 Å². The molecule has 0 radical (unpaired) electrons. The van der Waals surface area contributed by atoms with Gasteiger partial charge in [-0.1, -0.05) is 153 Å². The summed E-state index contributed by atoms with van der Waals surface area (Å²) in [6.07, 6.45) is -0.413. The van der Waals surface area contributed by atoms with Crippen molar-refractivity contribution in [2.75, 3.05) is 0 Å². The maximum Gasteiger partial charge on any atom is 0.170 e. The van der Waals surface area contributed by atoms with Crippen LogP contribution in [0.5, 0.6) is 0 Å². The molecule has 280 valence electrons. The Morgan fingerprint density at radius 2 is 1.17 bits per heavy atom. The van der Waals surface area contributed by atoms with Crippen LogP contribution in [-0.2, 0) is 5.41 Å². The van der Waals surface area contributed by atoms with Crippen LogP contribution in [-0.4, -0.2) is 16.2 Å². The summed E-state index contributed by atoms with van der Waals surface area (Å²) in [4.78, 5) is 10.5. The highest BCUT2D eigenvalue weighted by atomic mass is 32.1. The van der Waals surface area contributed by atoms with Gasteiger partial charge in [0.15, 0.2) is 6.17 Å². The van der Waals surface area contributed by atoms with Crippen molar-refractivity contribution in [2.45, 2.75) is 25.4 Å². The van der Waals surface area contributed by atoms with E-state index >= 15 is 0 Å². The molecular formula is C54H38N4S. The molecule has 2 aromatic heterocycles. The standard InChI is InChI=1S/C54H38N4S/c1-54(2)44-23-13-12-21-38(44)39-27-28-40-42-31-35(25-29-45(42)58(50(40)49(39)54)37-19-10-5-11-20-37)36-26-30-46-43(32-36)48-41(22-14-24-47(48)59-46)53-56-51(33-15-6-3-7-16-33)55-52(57-53)34-17-8-4-9-18-34/h3-32,53H,1-2H3,(H,55,56,57). The lowest BCUT2D eigenvalue weighted by atomic mass is 9.81. The van der Waals surface area contributed by atoms with Crippen molar-refractivity contribution in [1.29, 1.82) is 0 Å². The Hall–Kier alpha value is -7.08. The second kappa shape index (κ2) is 13.0. The maximum absolute atomic E-state index is 5.27. The minimum Gasteiger partial charge on any atom is -0.324 e. The molecule has 0 spiro atoms. The third kappa shape index (κ3) is 5.21. The Kier molecular flexibility index (Phi) is 7.47. The highest BCUT2D eigenvalue weighted by molar-refractivity contribution is 7.25. The van der Waals surface area contributed by atoms with Crippen molar-refractivity contribution in [2.24, 2.45) is 9.98 Å². The summed E-state index contributed by atoms with van der Waals surface area (Å²) in [5.41, 5.74) is 14.5. The number of aliphatic imine (C=N–C) groups is 2. The van der Waals surface area contributed by atoms with Crippen LogP contribution >= 0.6 is 11.3 Å². The molecular weight excluding hydrogens is 737 g/mol. The lowest BCUT2D eigenvalue weighted by molar-refractivity contribution is 0.664. The van der Waals surface area contributed by atoms with Gasteiger partial charge in [0.1, 0.15) is 11.7 Å². The minimum absolute atomic E-state index is 0.149. The summed E-state index contributed by atoms with van der Waals surface area (Å²) in [7, 11) is 0. The first-order chi connectivity index (χ1) is 29.0. The van der Waals surface area contributed by atoms with Gasteiger partial charge >= 0.3 is 0 Å². The van der Waals surface area contributed by atoms with E-state index in [9.17, 15) is 0 Å². The number of hydrogen-bond donors (Lipinski definition) is 1. The first-order valence-corrected chi connectivity index (χ1v) is 21.1. The SMILES string of the molecule is CC1(C)c2ccccc2-c2ccc3c4cc(-c5ccc6sc7cccc(C8N=C(c9ccccc9)NC(c9ccccc9)=N8)c7c6c5)ccc4n(-c4ccccc4)c3c21. The molecule has 2 aliphatic rings. The molecule has 10 aromatic rings. The van der Waals surface area contributed by atoms with Crippen molar-refractivity contribution >= 4 is 65.0 Å². The topological polar surface area (TPSA) is 41.7 Å². The van der Waals surface area contributed by atoms with Gasteiger partial charge in [-0.3, -0.25) is 0 Å². The van der Waals surface area contributed by atoms with Crippen LogP contribution in [0.15, 0.2) is 192 Å². The zero-order valence-corrected chi connectivity index (χ0v) is 33.5. The second-order valence-electron chi connectivity index (χ2n) is 16.2. The van der Waals surface area contributed by atoms with Gasteiger partial charge in [-0.25, -0.2) is 9.98 Å². The summed E-state index contributed by atoms with van der Waals surface area (Å²) >= 11 is 1.83. The molecule has 59 heavy (non-hydrogen) atoms. The number of nitrogens with zero attached hydrogens (tertiary/aromatic N) is 3. The molecule has 1 aliphatic carbocycles. The Morgan fingerprint density at radius 3 is 1.90 bits per heavy atom. The largest absolute Gasteiger partial charge is 0.324 e. The average Bonchev–Trinajstić information content (AvgIpc) is 3.92. The molecule has 8 aromatic carbocycles. The molecule has 0 saturated carbocycles. The fraction of sp³-hybridized carbons (Fsp3) is 0.0741. The van der Waals surface area contributed by atoms with Crippen LogP contribution in [0.1, 0.15) is 47.8 Å². The third-order valence-corrected chi connectivity index (χ3v) is 13.6. The number of amidine groups is 2. The molecule has 4 nitrogen and oxygen atoms in total. The summed E-state index contributed by atoms with van der Waals surface area (Å²) in [6, 6.07) is 65.8. The summed E-state index contributed by atoms with van der Waals surface area (Å²) in [5, 5.41) is 8.54. The van der Waals surface area contributed by atoms with Gasteiger partial charge in [-0.05, 0) is 75.8 Å². The van der Waals surface area contributed by atoms with E-state index in [4.69, 9.17) is 9.98 Å². The molecule has 12 rings (SSSR count). The van der Waals surface area contributed by atoms with Crippen LogP contribution in [0.4, 0.5) is 0 Å². The molecule has 0 unspecified atom stereocenters. The predicted molar refractivity (Wildman–Crippen MR) is 249 cm³/mol. The lowest BCUT2D eigenvalue weighted by Crippen LogP contribution is -2.36. The Balaban J connectivity index is 1.04.